The van der Waals surface area contributed by atoms with Crippen molar-refractivity contribution in [2.45, 2.75) is 74.4 Å². The minimum atomic E-state index is 0.433. The monoisotopic (exact) mass is 331 g/mol. The molecule has 1 rings (SSSR count). The summed E-state index contributed by atoms with van der Waals surface area (Å²) in [6, 6.07) is 1.01. The van der Waals surface area contributed by atoms with Gasteiger partial charge in [-0.3, -0.25) is 5.01 Å². The highest BCUT2D eigenvalue weighted by atomic mass is 15.5. The van der Waals surface area contributed by atoms with Gasteiger partial charge in [-0.15, -0.1) is 0 Å². The van der Waals surface area contributed by atoms with E-state index in [1.54, 1.807) is 0 Å². The van der Waals surface area contributed by atoms with Gasteiger partial charge >= 0.3 is 0 Å². The van der Waals surface area contributed by atoms with Crippen molar-refractivity contribution < 1.29 is 0 Å². The minimum absolute atomic E-state index is 0.433. The number of rotatable bonds is 5. The molecule has 0 radical (unpaired) electrons. The van der Waals surface area contributed by atoms with Gasteiger partial charge < -0.3 is 4.90 Å². The van der Waals surface area contributed by atoms with E-state index >= 15 is 0 Å². The number of allylic oxidation sites excluding steroid dienone is 6. The summed E-state index contributed by atoms with van der Waals surface area (Å²) in [7, 11) is 0. The molecule has 1 aliphatic rings. The van der Waals surface area contributed by atoms with Crippen LogP contribution in [0.15, 0.2) is 52.4 Å². The van der Waals surface area contributed by atoms with Crippen molar-refractivity contribution in [2.24, 2.45) is 5.10 Å². The summed E-state index contributed by atoms with van der Waals surface area (Å²) in [5.74, 6) is 0. The van der Waals surface area contributed by atoms with Gasteiger partial charge in [-0.05, 0) is 80.5 Å². The molecule has 3 nitrogen and oxygen atoms in total. The summed E-state index contributed by atoms with van der Waals surface area (Å²) >= 11 is 0. The lowest BCUT2D eigenvalue weighted by Gasteiger charge is -2.29. The molecule has 0 fully saturated rings. The fourth-order valence-electron chi connectivity index (χ4n) is 2.58. The van der Waals surface area contributed by atoms with Crippen LogP contribution in [0, 0.1) is 0 Å². The predicted octanol–water partition coefficient (Wildman–Crippen LogP) is 5.74. The molecular formula is C21H37N3. The van der Waals surface area contributed by atoms with Crippen LogP contribution in [0.4, 0.5) is 0 Å². The molecule has 0 bridgehead atoms. The molecule has 0 atom stereocenters. The van der Waals surface area contributed by atoms with Gasteiger partial charge in [0.05, 0.1) is 5.70 Å². The third-order valence-electron chi connectivity index (χ3n) is 3.70. The molecule has 24 heavy (non-hydrogen) atoms. The van der Waals surface area contributed by atoms with E-state index in [4.69, 9.17) is 0 Å². The van der Waals surface area contributed by atoms with Crippen molar-refractivity contribution in [1.82, 2.24) is 9.91 Å². The van der Waals surface area contributed by atoms with Crippen molar-refractivity contribution in [3.05, 3.63) is 47.3 Å². The first-order chi connectivity index (χ1) is 11.3. The molecule has 3 heteroatoms. The first-order valence-electron chi connectivity index (χ1n) is 9.03. The number of hydrazone groups is 1. The highest BCUT2D eigenvalue weighted by Crippen LogP contribution is 2.15. The SMILES string of the molecule is C/C=C1/C=CC=NN1C(C)C.C/C=C\C(=C(C)C)N(CC)C(C)C. The van der Waals surface area contributed by atoms with Crippen molar-refractivity contribution in [1.29, 1.82) is 0 Å². The fraction of sp³-hybridized carbons (Fsp3) is 0.571. The molecule has 0 aliphatic carbocycles. The Labute approximate surface area is 150 Å². The van der Waals surface area contributed by atoms with Crippen LogP contribution in [0.3, 0.4) is 0 Å². The van der Waals surface area contributed by atoms with E-state index in [-0.39, 0.29) is 0 Å². The lowest BCUT2D eigenvalue weighted by atomic mass is 10.2. The van der Waals surface area contributed by atoms with E-state index in [1.165, 1.54) is 17.0 Å². The Morgan fingerprint density at radius 1 is 1.21 bits per heavy atom. The minimum Gasteiger partial charge on any atom is -0.369 e. The Bertz CT molecular complexity index is 501. The van der Waals surface area contributed by atoms with Gasteiger partial charge in [0.2, 0.25) is 0 Å². The van der Waals surface area contributed by atoms with Gasteiger partial charge in [-0.2, -0.15) is 5.10 Å². The second-order valence-electron chi connectivity index (χ2n) is 6.54. The number of likely N-dealkylation sites (N-methyl/N-ethyl adjacent to an activating group) is 1. The van der Waals surface area contributed by atoms with Crippen LogP contribution in [-0.2, 0) is 0 Å². The predicted molar refractivity (Wildman–Crippen MR) is 109 cm³/mol. The van der Waals surface area contributed by atoms with Gasteiger partial charge in [-0.25, -0.2) is 0 Å². The molecule has 0 saturated heterocycles. The van der Waals surface area contributed by atoms with E-state index in [0.29, 0.717) is 12.1 Å². The van der Waals surface area contributed by atoms with E-state index < -0.39 is 0 Å². The Morgan fingerprint density at radius 3 is 2.17 bits per heavy atom. The lowest BCUT2D eigenvalue weighted by molar-refractivity contribution is 0.305. The summed E-state index contributed by atoms with van der Waals surface area (Å²) in [5, 5.41) is 6.23. The Kier molecular flexibility index (Phi) is 10.9. The molecule has 0 aromatic rings. The van der Waals surface area contributed by atoms with Crippen molar-refractivity contribution in [3.8, 4) is 0 Å². The molecule has 1 aliphatic heterocycles. The average Bonchev–Trinajstić information content (AvgIpc) is 2.54. The maximum absolute atomic E-state index is 4.23. The average molecular weight is 332 g/mol. The third kappa shape index (κ3) is 7.20. The first kappa shape index (κ1) is 22.2. The number of hydrogen-bond acceptors (Lipinski definition) is 3. The van der Waals surface area contributed by atoms with Crippen molar-refractivity contribution >= 4 is 6.21 Å². The maximum atomic E-state index is 4.23. The van der Waals surface area contributed by atoms with Crippen LogP contribution >= 0.6 is 0 Å². The zero-order valence-corrected chi connectivity index (χ0v) is 17.2. The highest BCUT2D eigenvalue weighted by molar-refractivity contribution is 5.73. The van der Waals surface area contributed by atoms with Crippen LogP contribution in [-0.4, -0.2) is 34.8 Å². The Balaban J connectivity index is 0.000000446. The largest absolute Gasteiger partial charge is 0.369 e. The van der Waals surface area contributed by atoms with E-state index in [1.807, 2.05) is 24.2 Å². The van der Waals surface area contributed by atoms with Gasteiger partial charge in [0.1, 0.15) is 0 Å². The first-order valence-corrected chi connectivity index (χ1v) is 9.03. The molecule has 0 aromatic carbocycles. The third-order valence-corrected chi connectivity index (χ3v) is 3.70. The normalized spacial score (nSPS) is 15.3. The lowest BCUT2D eigenvalue weighted by Crippen LogP contribution is -2.29. The summed E-state index contributed by atoms with van der Waals surface area (Å²) in [5.41, 5.74) is 3.91. The number of nitrogens with zero attached hydrogens (tertiary/aromatic N) is 3. The molecule has 0 N–H and O–H groups in total. The van der Waals surface area contributed by atoms with Gasteiger partial charge in [-0.1, -0.05) is 17.7 Å². The summed E-state index contributed by atoms with van der Waals surface area (Å²) in [6.07, 6.45) is 12.2. The standard InChI is InChI=1S/C12H23N.C9H14N2/c1-7-9-12(10(3)4)13(8-2)11(5)6;1-4-9-6-5-7-10-11(9)8(2)3/h7,9,11H,8H2,1-6H3;4-8H,1-3H3/b9-7-;9-4-. The molecule has 1 heterocycles. The zero-order chi connectivity index (χ0) is 18.7. The van der Waals surface area contributed by atoms with Gasteiger partial charge in [0.15, 0.2) is 0 Å². The topological polar surface area (TPSA) is 18.8 Å². The molecule has 0 aromatic heterocycles. The van der Waals surface area contributed by atoms with E-state index in [2.05, 4.69) is 89.7 Å². The molecule has 0 unspecified atom stereocenters. The molecule has 0 spiro atoms. The number of hydrogen-bond donors (Lipinski definition) is 0. The Hall–Kier alpha value is -1.77. The second kappa shape index (κ2) is 11.7. The maximum Gasteiger partial charge on any atom is 0.0554 e. The van der Waals surface area contributed by atoms with E-state index in [9.17, 15) is 0 Å². The van der Waals surface area contributed by atoms with Gasteiger partial charge in [0, 0.05) is 30.5 Å². The highest BCUT2D eigenvalue weighted by Gasteiger charge is 2.10. The van der Waals surface area contributed by atoms with Crippen molar-refractivity contribution in [3.63, 3.8) is 0 Å². The van der Waals surface area contributed by atoms with Crippen LogP contribution in [0.1, 0.15) is 62.3 Å². The van der Waals surface area contributed by atoms with Crippen LogP contribution in [0.5, 0.6) is 0 Å². The van der Waals surface area contributed by atoms with Crippen LogP contribution in [0.25, 0.3) is 0 Å². The fourth-order valence-corrected chi connectivity index (χ4v) is 2.58. The van der Waals surface area contributed by atoms with Gasteiger partial charge in [0.25, 0.3) is 0 Å². The molecular weight excluding hydrogens is 294 g/mol. The van der Waals surface area contributed by atoms with E-state index in [0.717, 1.165) is 6.54 Å². The zero-order valence-electron chi connectivity index (χ0n) is 17.2. The molecule has 0 amide bonds. The smallest absolute Gasteiger partial charge is 0.0554 e. The van der Waals surface area contributed by atoms with Crippen LogP contribution < -0.4 is 0 Å². The molecule has 0 saturated carbocycles. The Morgan fingerprint density at radius 2 is 1.83 bits per heavy atom. The summed E-state index contributed by atoms with van der Waals surface area (Å²) < 4.78 is 0. The molecule has 136 valence electrons. The quantitative estimate of drug-likeness (QED) is 0.598. The summed E-state index contributed by atoms with van der Waals surface area (Å²) in [6.45, 7) is 20.4. The van der Waals surface area contributed by atoms with Crippen LogP contribution in [0.2, 0.25) is 0 Å². The van der Waals surface area contributed by atoms with Crippen molar-refractivity contribution in [2.75, 3.05) is 6.54 Å². The summed E-state index contributed by atoms with van der Waals surface area (Å²) in [4.78, 5) is 2.41. The second-order valence-corrected chi connectivity index (χ2v) is 6.54.